The highest BCUT2D eigenvalue weighted by molar-refractivity contribution is 4.67. The van der Waals surface area contributed by atoms with Gasteiger partial charge in [0.15, 0.2) is 0 Å². The van der Waals surface area contributed by atoms with Crippen molar-refractivity contribution in [1.29, 1.82) is 0 Å². The van der Waals surface area contributed by atoms with Gasteiger partial charge in [-0.15, -0.1) is 0 Å². The molecule has 0 aromatic rings. The van der Waals surface area contributed by atoms with Gasteiger partial charge in [0.1, 0.15) is 0 Å². The molecule has 0 aliphatic carbocycles. The Bertz CT molecular complexity index is 97.0. The first kappa shape index (κ1) is 11.0. The SMILES string of the molecule is CC(C)C[C@H](C)N(C)C(C)C. The van der Waals surface area contributed by atoms with Gasteiger partial charge in [-0.25, -0.2) is 0 Å². The summed E-state index contributed by atoms with van der Waals surface area (Å²) in [5.41, 5.74) is 0. The molecule has 0 saturated carbocycles. The predicted octanol–water partition coefficient (Wildman–Crippen LogP) is 2.76. The molecule has 0 aliphatic heterocycles. The van der Waals surface area contributed by atoms with Crippen LogP contribution in [-0.4, -0.2) is 24.0 Å². The van der Waals surface area contributed by atoms with Crippen LogP contribution in [0.2, 0.25) is 0 Å². The molecule has 0 rings (SSSR count). The molecule has 1 nitrogen and oxygen atoms in total. The second-order valence-electron chi connectivity index (χ2n) is 4.24. The van der Waals surface area contributed by atoms with Gasteiger partial charge in [-0.05, 0) is 40.2 Å². The average molecular weight is 157 g/mol. The van der Waals surface area contributed by atoms with Crippen LogP contribution in [0.25, 0.3) is 0 Å². The summed E-state index contributed by atoms with van der Waals surface area (Å²) in [5.74, 6) is 0.811. The highest BCUT2D eigenvalue weighted by Crippen LogP contribution is 2.11. The molecule has 0 unspecified atom stereocenters. The lowest BCUT2D eigenvalue weighted by Crippen LogP contribution is -2.35. The van der Waals surface area contributed by atoms with Crippen LogP contribution < -0.4 is 0 Å². The Morgan fingerprint density at radius 2 is 1.45 bits per heavy atom. The molecule has 0 radical (unpaired) electrons. The molecule has 0 aliphatic rings. The summed E-state index contributed by atoms with van der Waals surface area (Å²) in [4.78, 5) is 2.43. The number of hydrogen-bond donors (Lipinski definition) is 0. The third kappa shape index (κ3) is 4.41. The molecule has 0 heterocycles. The summed E-state index contributed by atoms with van der Waals surface area (Å²) in [6.07, 6.45) is 1.30. The molecular formula is C10H23N. The summed E-state index contributed by atoms with van der Waals surface area (Å²) in [5, 5.41) is 0. The fourth-order valence-corrected chi connectivity index (χ4v) is 1.36. The molecule has 68 valence electrons. The van der Waals surface area contributed by atoms with Crippen molar-refractivity contribution in [2.75, 3.05) is 7.05 Å². The molecular weight excluding hydrogens is 134 g/mol. The van der Waals surface area contributed by atoms with E-state index in [1.807, 2.05) is 0 Å². The second-order valence-corrected chi connectivity index (χ2v) is 4.24. The summed E-state index contributed by atoms with van der Waals surface area (Å²) in [6.45, 7) is 11.4. The number of nitrogens with zero attached hydrogens (tertiary/aromatic N) is 1. The normalized spacial score (nSPS) is 15.0. The Hall–Kier alpha value is -0.0400. The quantitative estimate of drug-likeness (QED) is 0.606. The van der Waals surface area contributed by atoms with Crippen molar-refractivity contribution in [1.82, 2.24) is 4.90 Å². The lowest BCUT2D eigenvalue weighted by molar-refractivity contribution is 0.186. The summed E-state index contributed by atoms with van der Waals surface area (Å²) in [6, 6.07) is 1.39. The van der Waals surface area contributed by atoms with Crippen molar-refractivity contribution in [3.8, 4) is 0 Å². The third-order valence-corrected chi connectivity index (χ3v) is 2.32. The zero-order chi connectivity index (χ0) is 9.02. The van der Waals surface area contributed by atoms with Gasteiger partial charge in [-0.1, -0.05) is 13.8 Å². The first-order valence-corrected chi connectivity index (χ1v) is 4.67. The summed E-state index contributed by atoms with van der Waals surface area (Å²) >= 11 is 0. The fourth-order valence-electron chi connectivity index (χ4n) is 1.36. The smallest absolute Gasteiger partial charge is 0.00690 e. The maximum Gasteiger partial charge on any atom is 0.00690 e. The van der Waals surface area contributed by atoms with Gasteiger partial charge in [0.2, 0.25) is 0 Å². The first-order valence-electron chi connectivity index (χ1n) is 4.67. The highest BCUT2D eigenvalue weighted by atomic mass is 15.1. The van der Waals surface area contributed by atoms with E-state index in [1.54, 1.807) is 0 Å². The van der Waals surface area contributed by atoms with Gasteiger partial charge >= 0.3 is 0 Å². The molecule has 0 spiro atoms. The largest absolute Gasteiger partial charge is 0.301 e. The lowest BCUT2D eigenvalue weighted by Gasteiger charge is -2.29. The van der Waals surface area contributed by atoms with E-state index in [2.05, 4.69) is 46.6 Å². The topological polar surface area (TPSA) is 3.24 Å². The Balaban J connectivity index is 3.73. The molecule has 0 N–H and O–H groups in total. The molecule has 1 heteroatoms. The number of rotatable bonds is 4. The van der Waals surface area contributed by atoms with Gasteiger partial charge in [0.05, 0.1) is 0 Å². The maximum atomic E-state index is 2.43. The molecule has 0 saturated heterocycles. The van der Waals surface area contributed by atoms with Crippen LogP contribution in [-0.2, 0) is 0 Å². The van der Waals surface area contributed by atoms with Gasteiger partial charge in [-0.3, -0.25) is 0 Å². The van der Waals surface area contributed by atoms with Crippen LogP contribution >= 0.6 is 0 Å². The van der Waals surface area contributed by atoms with E-state index < -0.39 is 0 Å². The van der Waals surface area contributed by atoms with E-state index in [1.165, 1.54) is 6.42 Å². The fraction of sp³-hybridized carbons (Fsp3) is 1.00. The predicted molar refractivity (Wildman–Crippen MR) is 51.8 cm³/mol. The van der Waals surface area contributed by atoms with Crippen molar-refractivity contribution in [3.05, 3.63) is 0 Å². The molecule has 0 fully saturated rings. The van der Waals surface area contributed by atoms with E-state index in [9.17, 15) is 0 Å². The van der Waals surface area contributed by atoms with Crippen LogP contribution in [0, 0.1) is 5.92 Å². The number of hydrogen-bond acceptors (Lipinski definition) is 1. The monoisotopic (exact) mass is 157 g/mol. The van der Waals surface area contributed by atoms with Gasteiger partial charge in [0, 0.05) is 12.1 Å². The van der Waals surface area contributed by atoms with Crippen LogP contribution in [0.3, 0.4) is 0 Å². The Morgan fingerprint density at radius 1 is 1.00 bits per heavy atom. The summed E-state index contributed by atoms with van der Waals surface area (Å²) < 4.78 is 0. The van der Waals surface area contributed by atoms with Crippen molar-refractivity contribution in [2.45, 2.75) is 53.1 Å². The second kappa shape index (κ2) is 4.76. The standard InChI is InChI=1S/C10H23N/c1-8(2)7-10(5)11(6)9(3)4/h8-10H,7H2,1-6H3/t10-/m0/s1. The van der Waals surface area contributed by atoms with E-state index in [0.717, 1.165) is 12.0 Å². The Labute approximate surface area is 71.8 Å². The summed E-state index contributed by atoms with van der Waals surface area (Å²) in [7, 11) is 2.21. The molecule has 0 amide bonds. The molecule has 1 atom stereocenters. The van der Waals surface area contributed by atoms with Crippen molar-refractivity contribution >= 4 is 0 Å². The van der Waals surface area contributed by atoms with Crippen LogP contribution in [0.5, 0.6) is 0 Å². The molecule has 0 aromatic heterocycles. The zero-order valence-electron chi connectivity index (χ0n) is 8.89. The Morgan fingerprint density at radius 3 is 1.73 bits per heavy atom. The van der Waals surface area contributed by atoms with Crippen LogP contribution in [0.15, 0.2) is 0 Å². The van der Waals surface area contributed by atoms with E-state index in [0.29, 0.717) is 6.04 Å². The first-order chi connectivity index (χ1) is 4.95. The van der Waals surface area contributed by atoms with E-state index >= 15 is 0 Å². The van der Waals surface area contributed by atoms with Crippen LogP contribution in [0.1, 0.15) is 41.0 Å². The lowest BCUT2D eigenvalue weighted by atomic mass is 10.0. The molecule has 0 aromatic carbocycles. The van der Waals surface area contributed by atoms with Gasteiger partial charge in [0.25, 0.3) is 0 Å². The van der Waals surface area contributed by atoms with Crippen molar-refractivity contribution in [3.63, 3.8) is 0 Å². The Kier molecular flexibility index (Phi) is 4.74. The molecule has 11 heavy (non-hydrogen) atoms. The van der Waals surface area contributed by atoms with Gasteiger partial charge in [-0.2, -0.15) is 0 Å². The van der Waals surface area contributed by atoms with Crippen molar-refractivity contribution in [2.24, 2.45) is 5.92 Å². The zero-order valence-corrected chi connectivity index (χ0v) is 8.89. The van der Waals surface area contributed by atoms with Gasteiger partial charge < -0.3 is 4.90 Å². The molecule has 0 bridgehead atoms. The minimum Gasteiger partial charge on any atom is -0.301 e. The third-order valence-electron chi connectivity index (χ3n) is 2.32. The maximum absolute atomic E-state index is 2.43. The highest BCUT2D eigenvalue weighted by Gasteiger charge is 2.12. The minimum absolute atomic E-state index is 0.670. The van der Waals surface area contributed by atoms with E-state index in [4.69, 9.17) is 0 Å². The van der Waals surface area contributed by atoms with Crippen molar-refractivity contribution < 1.29 is 0 Å². The van der Waals surface area contributed by atoms with Crippen LogP contribution in [0.4, 0.5) is 0 Å². The average Bonchev–Trinajstić information content (AvgIpc) is 1.84. The minimum atomic E-state index is 0.670. The van der Waals surface area contributed by atoms with E-state index in [-0.39, 0.29) is 0 Å².